The Labute approximate surface area is 158 Å². The predicted molar refractivity (Wildman–Crippen MR) is 101 cm³/mol. The molecule has 0 aliphatic carbocycles. The number of benzene rings is 2. The van der Waals surface area contributed by atoms with Crippen LogP contribution in [0.15, 0.2) is 30.3 Å². The van der Waals surface area contributed by atoms with E-state index in [1.54, 1.807) is 24.3 Å². The molecule has 0 saturated carbocycles. The van der Waals surface area contributed by atoms with Crippen molar-refractivity contribution < 1.29 is 28.5 Å². The third-order valence-corrected chi connectivity index (χ3v) is 3.74. The van der Waals surface area contributed by atoms with E-state index in [0.29, 0.717) is 28.5 Å². The van der Waals surface area contributed by atoms with Crippen molar-refractivity contribution in [3.8, 4) is 17.2 Å². The molecule has 0 aliphatic heterocycles. The van der Waals surface area contributed by atoms with Gasteiger partial charge in [0.15, 0.2) is 18.1 Å². The monoisotopic (exact) mass is 373 g/mol. The van der Waals surface area contributed by atoms with Gasteiger partial charge in [0.1, 0.15) is 0 Å². The number of aryl methyl sites for hydroxylation is 2. The van der Waals surface area contributed by atoms with Crippen molar-refractivity contribution in [2.45, 2.75) is 13.8 Å². The molecular weight excluding hydrogens is 350 g/mol. The number of anilines is 1. The smallest absolute Gasteiger partial charge is 0.338 e. The van der Waals surface area contributed by atoms with Crippen LogP contribution in [0, 0.1) is 13.8 Å². The third kappa shape index (κ3) is 5.13. The fourth-order valence-corrected chi connectivity index (χ4v) is 2.66. The maximum Gasteiger partial charge on any atom is 0.338 e. The minimum Gasteiger partial charge on any atom is -0.493 e. The SMILES string of the molecule is COc1cc(NC(=O)COC(=O)c2cc(C)cc(C)c2)cc(OC)c1OC. The number of methoxy groups -OCH3 is 3. The van der Waals surface area contributed by atoms with E-state index in [1.807, 2.05) is 19.9 Å². The first kappa shape index (κ1) is 20.1. The highest BCUT2D eigenvalue weighted by Gasteiger charge is 2.16. The van der Waals surface area contributed by atoms with Crippen molar-refractivity contribution in [1.29, 1.82) is 0 Å². The molecule has 0 heterocycles. The second kappa shape index (κ2) is 8.93. The van der Waals surface area contributed by atoms with E-state index in [0.717, 1.165) is 11.1 Å². The van der Waals surface area contributed by atoms with Crippen LogP contribution in [0.25, 0.3) is 0 Å². The molecule has 0 radical (unpaired) electrons. The van der Waals surface area contributed by atoms with Gasteiger partial charge in [-0.05, 0) is 26.0 Å². The van der Waals surface area contributed by atoms with Gasteiger partial charge < -0.3 is 24.3 Å². The zero-order chi connectivity index (χ0) is 20.0. The van der Waals surface area contributed by atoms with Gasteiger partial charge in [-0.2, -0.15) is 0 Å². The first-order valence-corrected chi connectivity index (χ1v) is 8.23. The van der Waals surface area contributed by atoms with Gasteiger partial charge in [-0.1, -0.05) is 17.2 Å². The molecule has 27 heavy (non-hydrogen) atoms. The Kier molecular flexibility index (Phi) is 6.65. The van der Waals surface area contributed by atoms with Crippen LogP contribution < -0.4 is 19.5 Å². The Balaban J connectivity index is 2.04. The van der Waals surface area contributed by atoms with Crippen molar-refractivity contribution in [3.63, 3.8) is 0 Å². The summed E-state index contributed by atoms with van der Waals surface area (Å²) in [7, 11) is 4.45. The van der Waals surface area contributed by atoms with Crippen LogP contribution >= 0.6 is 0 Å². The average Bonchev–Trinajstić information content (AvgIpc) is 2.64. The van der Waals surface area contributed by atoms with E-state index in [-0.39, 0.29) is 0 Å². The Hall–Kier alpha value is -3.22. The van der Waals surface area contributed by atoms with E-state index < -0.39 is 18.5 Å². The number of rotatable bonds is 7. The molecule has 0 atom stereocenters. The molecular formula is C20H23NO6. The molecule has 7 nitrogen and oxygen atoms in total. The number of hydrogen-bond donors (Lipinski definition) is 1. The molecule has 1 N–H and O–H groups in total. The predicted octanol–water partition coefficient (Wildman–Crippen LogP) is 3.12. The molecule has 1 amide bonds. The van der Waals surface area contributed by atoms with E-state index in [2.05, 4.69) is 5.32 Å². The standard InChI is InChI=1S/C20H23NO6/c1-12-6-13(2)8-14(7-12)20(23)27-11-18(22)21-15-9-16(24-3)19(26-5)17(10-15)25-4/h6-10H,11H2,1-5H3,(H,21,22). The molecule has 2 aromatic rings. The van der Waals surface area contributed by atoms with Gasteiger partial charge in [0.05, 0.1) is 26.9 Å². The molecule has 2 rings (SSSR count). The first-order chi connectivity index (χ1) is 12.9. The number of nitrogens with one attached hydrogen (secondary N) is 1. The summed E-state index contributed by atoms with van der Waals surface area (Å²) < 4.78 is 20.8. The Morgan fingerprint density at radius 3 is 1.89 bits per heavy atom. The number of ether oxygens (including phenoxy) is 4. The lowest BCUT2D eigenvalue weighted by molar-refractivity contribution is -0.119. The van der Waals surface area contributed by atoms with Crippen molar-refractivity contribution in [2.24, 2.45) is 0 Å². The lowest BCUT2D eigenvalue weighted by atomic mass is 10.1. The number of esters is 1. The first-order valence-electron chi connectivity index (χ1n) is 8.23. The second-order valence-electron chi connectivity index (χ2n) is 5.91. The van der Waals surface area contributed by atoms with Crippen LogP contribution in [0.5, 0.6) is 17.2 Å². The summed E-state index contributed by atoms with van der Waals surface area (Å²) in [6.07, 6.45) is 0. The van der Waals surface area contributed by atoms with Gasteiger partial charge in [0.25, 0.3) is 5.91 Å². The highest BCUT2D eigenvalue weighted by molar-refractivity contribution is 5.96. The largest absolute Gasteiger partial charge is 0.493 e. The molecule has 0 unspecified atom stereocenters. The minimum absolute atomic E-state index is 0.402. The maximum atomic E-state index is 12.1. The van der Waals surface area contributed by atoms with Crippen LogP contribution in [-0.2, 0) is 9.53 Å². The molecule has 0 aromatic heterocycles. The third-order valence-electron chi connectivity index (χ3n) is 3.74. The fraction of sp³-hybridized carbons (Fsp3) is 0.300. The Morgan fingerprint density at radius 1 is 0.852 bits per heavy atom. The zero-order valence-corrected chi connectivity index (χ0v) is 16.0. The molecule has 0 aliphatic rings. The van der Waals surface area contributed by atoms with Gasteiger partial charge in [-0.3, -0.25) is 4.79 Å². The van der Waals surface area contributed by atoms with Crippen molar-refractivity contribution in [1.82, 2.24) is 0 Å². The summed E-state index contributed by atoms with van der Waals surface area (Å²) in [5, 5.41) is 2.64. The maximum absolute atomic E-state index is 12.1. The summed E-state index contributed by atoms with van der Waals surface area (Å²) in [5.74, 6) is 0.182. The number of amides is 1. The van der Waals surface area contributed by atoms with E-state index in [1.165, 1.54) is 21.3 Å². The molecule has 0 spiro atoms. The average molecular weight is 373 g/mol. The Morgan fingerprint density at radius 2 is 1.41 bits per heavy atom. The normalized spacial score (nSPS) is 10.1. The van der Waals surface area contributed by atoms with Crippen molar-refractivity contribution >= 4 is 17.6 Å². The summed E-state index contributed by atoms with van der Waals surface area (Å²) in [6, 6.07) is 8.56. The van der Waals surface area contributed by atoms with E-state index in [9.17, 15) is 9.59 Å². The van der Waals surface area contributed by atoms with Gasteiger partial charge >= 0.3 is 5.97 Å². The van der Waals surface area contributed by atoms with Crippen LogP contribution in [-0.4, -0.2) is 39.8 Å². The van der Waals surface area contributed by atoms with Crippen molar-refractivity contribution in [3.05, 3.63) is 47.0 Å². The summed E-state index contributed by atoms with van der Waals surface area (Å²) in [4.78, 5) is 24.3. The fourth-order valence-electron chi connectivity index (χ4n) is 2.66. The lowest BCUT2D eigenvalue weighted by Gasteiger charge is -2.14. The highest BCUT2D eigenvalue weighted by atomic mass is 16.5. The van der Waals surface area contributed by atoms with E-state index >= 15 is 0 Å². The molecule has 7 heteroatoms. The lowest BCUT2D eigenvalue weighted by Crippen LogP contribution is -2.21. The minimum atomic E-state index is -0.554. The van der Waals surface area contributed by atoms with Crippen LogP contribution in [0.1, 0.15) is 21.5 Å². The second-order valence-corrected chi connectivity index (χ2v) is 5.91. The summed E-state index contributed by atoms with van der Waals surface area (Å²) in [5.41, 5.74) is 2.73. The van der Waals surface area contributed by atoms with Crippen LogP contribution in [0.4, 0.5) is 5.69 Å². The van der Waals surface area contributed by atoms with Gasteiger partial charge in [-0.15, -0.1) is 0 Å². The van der Waals surface area contributed by atoms with Gasteiger partial charge in [0.2, 0.25) is 5.75 Å². The molecule has 0 bridgehead atoms. The van der Waals surface area contributed by atoms with Crippen molar-refractivity contribution in [2.75, 3.05) is 33.3 Å². The molecule has 2 aromatic carbocycles. The van der Waals surface area contributed by atoms with Crippen LogP contribution in [0.2, 0.25) is 0 Å². The zero-order valence-electron chi connectivity index (χ0n) is 16.0. The van der Waals surface area contributed by atoms with E-state index in [4.69, 9.17) is 18.9 Å². The number of carbonyl (C=O) groups excluding carboxylic acids is 2. The quantitative estimate of drug-likeness (QED) is 0.751. The number of hydrogen-bond acceptors (Lipinski definition) is 6. The summed E-state index contributed by atoms with van der Waals surface area (Å²) >= 11 is 0. The molecule has 0 saturated heterocycles. The molecule has 144 valence electrons. The number of carbonyl (C=O) groups is 2. The topological polar surface area (TPSA) is 83.1 Å². The Bertz CT molecular complexity index is 801. The molecule has 0 fully saturated rings. The summed E-state index contributed by atoms with van der Waals surface area (Å²) in [6.45, 7) is 3.37. The van der Waals surface area contributed by atoms with Crippen LogP contribution in [0.3, 0.4) is 0 Å². The highest BCUT2D eigenvalue weighted by Crippen LogP contribution is 2.39. The van der Waals surface area contributed by atoms with Gasteiger partial charge in [-0.25, -0.2) is 4.79 Å². The van der Waals surface area contributed by atoms with Gasteiger partial charge in [0, 0.05) is 17.8 Å².